The second kappa shape index (κ2) is 7.77. The molecule has 120 valence electrons. The van der Waals surface area contributed by atoms with E-state index >= 15 is 0 Å². The van der Waals surface area contributed by atoms with E-state index in [4.69, 9.17) is 0 Å². The summed E-state index contributed by atoms with van der Waals surface area (Å²) >= 11 is 3.38. The molecule has 0 radical (unpaired) electrons. The Bertz CT molecular complexity index is 539. The number of hydrogen-bond donors (Lipinski definition) is 1. The third-order valence-corrected chi connectivity index (χ3v) is 4.70. The normalized spacial score (nSPS) is 16.5. The van der Waals surface area contributed by atoms with Crippen LogP contribution in [0.25, 0.3) is 0 Å². The van der Waals surface area contributed by atoms with Crippen LogP contribution in [0.5, 0.6) is 0 Å². The molecule has 1 aliphatic rings. The van der Waals surface area contributed by atoms with E-state index in [0.717, 1.165) is 30.4 Å². The van der Waals surface area contributed by atoms with Gasteiger partial charge in [0.05, 0.1) is 5.56 Å². The van der Waals surface area contributed by atoms with Crippen LogP contribution >= 0.6 is 15.9 Å². The Hall–Kier alpha value is -1.36. The number of rotatable bonds is 4. The fourth-order valence-electron chi connectivity index (χ4n) is 2.69. The molecule has 1 aromatic carbocycles. The Labute approximate surface area is 140 Å². The van der Waals surface area contributed by atoms with Gasteiger partial charge in [0.2, 0.25) is 5.91 Å². The van der Waals surface area contributed by atoms with Gasteiger partial charge < -0.3 is 10.2 Å². The van der Waals surface area contributed by atoms with E-state index in [1.54, 1.807) is 6.07 Å². The molecule has 1 N–H and O–H groups in total. The van der Waals surface area contributed by atoms with Gasteiger partial charge in [-0.2, -0.15) is 0 Å². The van der Waals surface area contributed by atoms with Gasteiger partial charge in [0, 0.05) is 17.6 Å². The monoisotopic (exact) mass is 366 g/mol. The first-order valence-corrected chi connectivity index (χ1v) is 8.64. The molecule has 1 aliphatic heterocycles. The largest absolute Gasteiger partial charge is 0.341 e. The van der Waals surface area contributed by atoms with E-state index < -0.39 is 6.04 Å². The van der Waals surface area contributed by atoms with E-state index in [1.807, 2.05) is 36.9 Å². The molecule has 1 aromatic rings. The van der Waals surface area contributed by atoms with Crippen molar-refractivity contribution in [2.45, 2.75) is 39.2 Å². The molecule has 5 heteroatoms. The standard InChI is InChI=1S/C17H23BrN2O2/c1-12(2)15(17(22)20-10-6-3-7-11-20)19-16(21)13-8-4-5-9-14(13)18/h4-5,8-9,12,15H,3,6-7,10-11H2,1-2H3,(H,19,21)/t15-/m1/s1. The number of nitrogens with one attached hydrogen (secondary N) is 1. The Morgan fingerprint density at radius 3 is 2.36 bits per heavy atom. The molecular weight excluding hydrogens is 344 g/mol. The molecule has 0 bridgehead atoms. The van der Waals surface area contributed by atoms with Crippen LogP contribution in [-0.2, 0) is 4.79 Å². The molecule has 0 aromatic heterocycles. The molecule has 1 saturated heterocycles. The minimum absolute atomic E-state index is 0.0371. The maximum atomic E-state index is 12.7. The molecule has 0 saturated carbocycles. The van der Waals surface area contributed by atoms with Gasteiger partial charge >= 0.3 is 0 Å². The molecule has 0 unspecified atom stereocenters. The van der Waals surface area contributed by atoms with E-state index in [9.17, 15) is 9.59 Å². The first-order valence-electron chi connectivity index (χ1n) is 7.85. The van der Waals surface area contributed by atoms with E-state index in [1.165, 1.54) is 6.42 Å². The fraction of sp³-hybridized carbons (Fsp3) is 0.529. The summed E-state index contributed by atoms with van der Waals surface area (Å²) < 4.78 is 0.737. The van der Waals surface area contributed by atoms with Gasteiger partial charge in [0.15, 0.2) is 0 Å². The Balaban J connectivity index is 2.10. The zero-order valence-electron chi connectivity index (χ0n) is 13.1. The van der Waals surface area contributed by atoms with Crippen molar-refractivity contribution in [1.29, 1.82) is 0 Å². The predicted molar refractivity (Wildman–Crippen MR) is 90.7 cm³/mol. The lowest BCUT2D eigenvalue weighted by Crippen LogP contribution is -2.52. The maximum Gasteiger partial charge on any atom is 0.253 e. The molecule has 1 atom stereocenters. The Kier molecular flexibility index (Phi) is 6.00. The highest BCUT2D eigenvalue weighted by atomic mass is 79.9. The first-order chi connectivity index (χ1) is 10.5. The number of halogens is 1. The minimum Gasteiger partial charge on any atom is -0.341 e. The van der Waals surface area contributed by atoms with Crippen molar-refractivity contribution in [2.75, 3.05) is 13.1 Å². The fourth-order valence-corrected chi connectivity index (χ4v) is 3.15. The lowest BCUT2D eigenvalue weighted by atomic mass is 10.0. The molecule has 22 heavy (non-hydrogen) atoms. The van der Waals surface area contributed by atoms with Crippen LogP contribution in [0.1, 0.15) is 43.5 Å². The molecule has 1 heterocycles. The minimum atomic E-state index is -0.474. The van der Waals surface area contributed by atoms with Crippen molar-refractivity contribution < 1.29 is 9.59 Å². The van der Waals surface area contributed by atoms with Gasteiger partial charge in [-0.25, -0.2) is 0 Å². The third kappa shape index (κ3) is 4.09. The van der Waals surface area contributed by atoms with Gasteiger partial charge in [0.25, 0.3) is 5.91 Å². The van der Waals surface area contributed by atoms with Crippen LogP contribution in [0, 0.1) is 5.92 Å². The van der Waals surface area contributed by atoms with E-state index in [-0.39, 0.29) is 17.7 Å². The van der Waals surface area contributed by atoms with Crippen LogP contribution in [0.2, 0.25) is 0 Å². The molecule has 2 amide bonds. The lowest BCUT2D eigenvalue weighted by molar-refractivity contribution is -0.135. The number of amides is 2. The van der Waals surface area contributed by atoms with Crippen molar-refractivity contribution in [3.63, 3.8) is 0 Å². The number of nitrogens with zero attached hydrogens (tertiary/aromatic N) is 1. The maximum absolute atomic E-state index is 12.7. The number of piperidine rings is 1. The van der Waals surface area contributed by atoms with Crippen molar-refractivity contribution in [1.82, 2.24) is 10.2 Å². The van der Waals surface area contributed by atoms with E-state index in [0.29, 0.717) is 5.56 Å². The Morgan fingerprint density at radius 2 is 1.77 bits per heavy atom. The summed E-state index contributed by atoms with van der Waals surface area (Å²) in [5, 5.41) is 2.91. The molecule has 4 nitrogen and oxygen atoms in total. The topological polar surface area (TPSA) is 49.4 Å². The molecule has 2 rings (SSSR count). The highest BCUT2D eigenvalue weighted by molar-refractivity contribution is 9.10. The quantitative estimate of drug-likeness (QED) is 0.889. The highest BCUT2D eigenvalue weighted by Gasteiger charge is 2.29. The average molecular weight is 367 g/mol. The third-order valence-electron chi connectivity index (χ3n) is 4.01. The van der Waals surface area contributed by atoms with Crippen LogP contribution in [0.15, 0.2) is 28.7 Å². The van der Waals surface area contributed by atoms with Gasteiger partial charge in [-0.1, -0.05) is 26.0 Å². The van der Waals surface area contributed by atoms with Crippen LogP contribution in [0.4, 0.5) is 0 Å². The molecular formula is C17H23BrN2O2. The predicted octanol–water partition coefficient (Wildman–Crippen LogP) is 3.22. The van der Waals surface area contributed by atoms with Crippen LogP contribution in [-0.4, -0.2) is 35.8 Å². The SMILES string of the molecule is CC(C)[C@@H](NC(=O)c1ccccc1Br)C(=O)N1CCCCC1. The number of likely N-dealkylation sites (tertiary alicyclic amines) is 1. The van der Waals surface area contributed by atoms with E-state index in [2.05, 4.69) is 21.2 Å². The summed E-state index contributed by atoms with van der Waals surface area (Å²) in [6.07, 6.45) is 3.28. The van der Waals surface area contributed by atoms with Gasteiger partial charge in [0.1, 0.15) is 6.04 Å². The summed E-state index contributed by atoms with van der Waals surface area (Å²) in [5.41, 5.74) is 0.555. The summed E-state index contributed by atoms with van der Waals surface area (Å²) in [5.74, 6) is -0.118. The Morgan fingerprint density at radius 1 is 1.14 bits per heavy atom. The van der Waals surface area contributed by atoms with Gasteiger partial charge in [-0.3, -0.25) is 9.59 Å². The number of carbonyl (C=O) groups is 2. The molecule has 0 spiro atoms. The van der Waals surface area contributed by atoms with Crippen LogP contribution < -0.4 is 5.32 Å². The average Bonchev–Trinajstić information content (AvgIpc) is 2.52. The van der Waals surface area contributed by atoms with Crippen molar-refractivity contribution >= 4 is 27.7 Å². The first kappa shape index (κ1) is 17.0. The molecule has 1 fully saturated rings. The second-order valence-corrected chi connectivity index (χ2v) is 6.92. The zero-order valence-corrected chi connectivity index (χ0v) is 14.7. The zero-order chi connectivity index (χ0) is 16.1. The van der Waals surface area contributed by atoms with Crippen molar-refractivity contribution in [2.24, 2.45) is 5.92 Å². The summed E-state index contributed by atoms with van der Waals surface area (Å²) in [7, 11) is 0. The van der Waals surface area contributed by atoms with Crippen LogP contribution in [0.3, 0.4) is 0 Å². The highest BCUT2D eigenvalue weighted by Crippen LogP contribution is 2.18. The summed E-state index contributed by atoms with van der Waals surface area (Å²) in [6.45, 7) is 5.53. The van der Waals surface area contributed by atoms with Gasteiger partial charge in [-0.05, 0) is 53.2 Å². The number of carbonyl (C=O) groups excluding carboxylic acids is 2. The molecule has 0 aliphatic carbocycles. The summed E-state index contributed by atoms with van der Waals surface area (Å²) in [6, 6.07) is 6.78. The van der Waals surface area contributed by atoms with Crippen molar-refractivity contribution in [3.8, 4) is 0 Å². The summed E-state index contributed by atoms with van der Waals surface area (Å²) in [4.78, 5) is 27.0. The smallest absolute Gasteiger partial charge is 0.253 e. The van der Waals surface area contributed by atoms with Crippen molar-refractivity contribution in [3.05, 3.63) is 34.3 Å². The number of hydrogen-bond acceptors (Lipinski definition) is 2. The number of benzene rings is 1. The van der Waals surface area contributed by atoms with Gasteiger partial charge in [-0.15, -0.1) is 0 Å². The lowest BCUT2D eigenvalue weighted by Gasteiger charge is -2.32. The second-order valence-electron chi connectivity index (χ2n) is 6.06.